The molecule has 0 saturated carbocycles. The molecule has 0 aliphatic carbocycles. The summed E-state index contributed by atoms with van der Waals surface area (Å²) in [7, 11) is 1.62. The molecule has 1 N–H and O–H groups in total. The number of hydrogen-bond acceptors (Lipinski definition) is 5. The molecule has 0 amide bonds. The summed E-state index contributed by atoms with van der Waals surface area (Å²) in [5.41, 5.74) is 2.02. The van der Waals surface area contributed by atoms with Gasteiger partial charge >= 0.3 is 5.97 Å². The highest BCUT2D eigenvalue weighted by Crippen LogP contribution is 2.31. The Morgan fingerprint density at radius 3 is 2.45 bits per heavy atom. The van der Waals surface area contributed by atoms with Crippen molar-refractivity contribution in [2.24, 2.45) is 7.05 Å². The summed E-state index contributed by atoms with van der Waals surface area (Å²) in [4.78, 5) is 24.7. The van der Waals surface area contributed by atoms with Gasteiger partial charge in [0.25, 0.3) is 5.56 Å². The zero-order valence-electron chi connectivity index (χ0n) is 17.7. The summed E-state index contributed by atoms with van der Waals surface area (Å²) >= 11 is 12.2. The molecule has 0 aliphatic heterocycles. The number of benzene rings is 1. The van der Waals surface area contributed by atoms with Gasteiger partial charge < -0.3 is 14.6 Å². The van der Waals surface area contributed by atoms with Crippen LogP contribution in [0.3, 0.4) is 0 Å². The van der Waals surface area contributed by atoms with Crippen molar-refractivity contribution in [3.05, 3.63) is 79.9 Å². The largest absolute Gasteiger partial charge is 0.461 e. The molecule has 1 aromatic carbocycles. The second-order valence-electron chi connectivity index (χ2n) is 7.35. The van der Waals surface area contributed by atoms with Gasteiger partial charge in [-0.1, -0.05) is 35.3 Å². The molecule has 9 heteroatoms. The number of carbonyl (C=O) groups is 1. The van der Waals surface area contributed by atoms with Crippen molar-refractivity contribution in [2.75, 3.05) is 11.9 Å². The number of ether oxygens (including phenoxy) is 1. The van der Waals surface area contributed by atoms with E-state index in [0.717, 1.165) is 5.56 Å². The van der Waals surface area contributed by atoms with Crippen LogP contribution in [0, 0.1) is 0 Å². The van der Waals surface area contributed by atoms with Gasteiger partial charge in [-0.3, -0.25) is 9.48 Å². The number of pyridine rings is 1. The number of carbonyl (C=O) groups excluding carboxylic acids is 1. The van der Waals surface area contributed by atoms with Crippen LogP contribution in [0.1, 0.15) is 54.5 Å². The predicted molar refractivity (Wildman–Crippen MR) is 122 cm³/mol. The van der Waals surface area contributed by atoms with Gasteiger partial charge in [-0.15, -0.1) is 0 Å². The third kappa shape index (κ3) is 5.11. The molecule has 164 valence electrons. The van der Waals surface area contributed by atoms with Crippen molar-refractivity contribution in [3.8, 4) is 0 Å². The molecule has 0 spiro atoms. The first kappa shape index (κ1) is 22.9. The molecule has 0 fully saturated rings. The summed E-state index contributed by atoms with van der Waals surface area (Å²) in [5, 5.41) is 8.54. The number of nitrogens with one attached hydrogen (secondary N) is 1. The van der Waals surface area contributed by atoms with Crippen LogP contribution in [0.25, 0.3) is 0 Å². The van der Waals surface area contributed by atoms with Crippen molar-refractivity contribution in [2.45, 2.75) is 32.9 Å². The lowest BCUT2D eigenvalue weighted by Crippen LogP contribution is -2.20. The minimum atomic E-state index is -0.504. The lowest BCUT2D eigenvalue weighted by molar-refractivity contribution is 0.0517. The Hall–Kier alpha value is -2.77. The van der Waals surface area contributed by atoms with Gasteiger partial charge in [0.15, 0.2) is 5.69 Å². The van der Waals surface area contributed by atoms with E-state index in [2.05, 4.69) is 10.4 Å². The number of anilines is 1. The average molecular weight is 463 g/mol. The van der Waals surface area contributed by atoms with E-state index in [9.17, 15) is 9.59 Å². The zero-order valence-corrected chi connectivity index (χ0v) is 19.2. The van der Waals surface area contributed by atoms with E-state index < -0.39 is 12.0 Å². The molecular formula is C22H24Cl2N4O3. The van der Waals surface area contributed by atoms with Crippen LogP contribution in [0.15, 0.2) is 47.5 Å². The smallest absolute Gasteiger partial charge is 0.359 e. The minimum Gasteiger partial charge on any atom is -0.461 e. The molecule has 7 nitrogen and oxygen atoms in total. The molecule has 1 unspecified atom stereocenters. The van der Waals surface area contributed by atoms with Crippen LogP contribution in [0.5, 0.6) is 0 Å². The Bertz CT molecular complexity index is 1110. The minimum absolute atomic E-state index is 0.0415. The number of nitrogens with zero attached hydrogens (tertiary/aromatic N) is 3. The van der Waals surface area contributed by atoms with Crippen molar-refractivity contribution in [1.82, 2.24) is 14.3 Å². The molecule has 2 heterocycles. The van der Waals surface area contributed by atoms with Gasteiger partial charge in [0.2, 0.25) is 0 Å². The van der Waals surface area contributed by atoms with Crippen LogP contribution in [0.4, 0.5) is 5.69 Å². The molecule has 0 bridgehead atoms. The Labute approximate surface area is 190 Å². The highest BCUT2D eigenvalue weighted by molar-refractivity contribution is 6.30. The van der Waals surface area contributed by atoms with E-state index in [4.69, 9.17) is 27.9 Å². The quantitative estimate of drug-likeness (QED) is 0.507. The summed E-state index contributed by atoms with van der Waals surface area (Å²) in [5.74, 6) is -0.504. The zero-order chi connectivity index (χ0) is 22.7. The van der Waals surface area contributed by atoms with E-state index >= 15 is 0 Å². The van der Waals surface area contributed by atoms with Crippen LogP contribution in [-0.2, 0) is 11.8 Å². The van der Waals surface area contributed by atoms with Gasteiger partial charge in [0.05, 0.1) is 18.3 Å². The van der Waals surface area contributed by atoms with E-state index in [1.165, 1.54) is 4.57 Å². The Morgan fingerprint density at radius 2 is 1.87 bits per heavy atom. The molecule has 0 aliphatic rings. The normalized spacial score (nSPS) is 12.1. The third-order valence-electron chi connectivity index (χ3n) is 4.72. The number of aromatic nitrogens is 3. The second-order valence-corrected chi connectivity index (χ2v) is 8.19. The first-order chi connectivity index (χ1) is 14.7. The SMILES string of the molecule is CCOC(=O)c1nn(C(C)C)cc1C(Nc1cc(Cl)c(=O)n(C)c1)c1ccc(Cl)cc1. The van der Waals surface area contributed by atoms with Crippen molar-refractivity contribution in [1.29, 1.82) is 0 Å². The third-order valence-corrected chi connectivity index (χ3v) is 5.25. The maximum absolute atomic E-state index is 12.7. The lowest BCUT2D eigenvalue weighted by Gasteiger charge is -2.21. The molecule has 3 aromatic rings. The Morgan fingerprint density at radius 1 is 1.19 bits per heavy atom. The van der Waals surface area contributed by atoms with E-state index in [-0.39, 0.29) is 28.9 Å². The number of esters is 1. The number of rotatable bonds is 7. The molecule has 0 saturated heterocycles. The van der Waals surface area contributed by atoms with Gasteiger partial charge in [-0.25, -0.2) is 4.79 Å². The predicted octanol–water partition coefficient (Wildman–Crippen LogP) is 4.85. The fraction of sp³-hybridized carbons (Fsp3) is 0.318. The fourth-order valence-corrected chi connectivity index (χ4v) is 3.53. The summed E-state index contributed by atoms with van der Waals surface area (Å²) in [6.07, 6.45) is 3.47. The molecule has 2 aromatic heterocycles. The van der Waals surface area contributed by atoms with Crippen molar-refractivity contribution < 1.29 is 9.53 Å². The van der Waals surface area contributed by atoms with Crippen molar-refractivity contribution >= 4 is 34.9 Å². The number of hydrogen-bond donors (Lipinski definition) is 1. The highest BCUT2D eigenvalue weighted by atomic mass is 35.5. The average Bonchev–Trinajstić information content (AvgIpc) is 3.17. The van der Waals surface area contributed by atoms with Crippen molar-refractivity contribution in [3.63, 3.8) is 0 Å². The molecule has 3 rings (SSSR count). The topological polar surface area (TPSA) is 78.2 Å². The summed E-state index contributed by atoms with van der Waals surface area (Å²) in [6.45, 7) is 5.94. The first-order valence-electron chi connectivity index (χ1n) is 9.85. The first-order valence-corrected chi connectivity index (χ1v) is 10.6. The maximum Gasteiger partial charge on any atom is 0.359 e. The van der Waals surface area contributed by atoms with Gasteiger partial charge in [-0.05, 0) is 44.5 Å². The fourth-order valence-electron chi connectivity index (χ4n) is 3.15. The molecule has 1 atom stereocenters. The molecule has 31 heavy (non-hydrogen) atoms. The van der Waals surface area contributed by atoms with Crippen LogP contribution in [-0.4, -0.2) is 26.9 Å². The lowest BCUT2D eigenvalue weighted by atomic mass is 9.98. The highest BCUT2D eigenvalue weighted by Gasteiger charge is 2.27. The Kier molecular flexibility index (Phi) is 7.08. The van der Waals surface area contributed by atoms with Gasteiger partial charge in [-0.2, -0.15) is 5.10 Å². The molecular weight excluding hydrogens is 439 g/mol. The summed E-state index contributed by atoms with van der Waals surface area (Å²) < 4.78 is 8.36. The number of aryl methyl sites for hydroxylation is 1. The van der Waals surface area contributed by atoms with E-state index in [1.54, 1.807) is 43.0 Å². The van der Waals surface area contributed by atoms with E-state index in [0.29, 0.717) is 16.3 Å². The maximum atomic E-state index is 12.7. The van der Waals surface area contributed by atoms with Crippen LogP contribution in [0.2, 0.25) is 10.0 Å². The van der Waals surface area contributed by atoms with Crippen LogP contribution < -0.4 is 10.9 Å². The number of halogens is 2. The van der Waals surface area contributed by atoms with Gasteiger partial charge in [0.1, 0.15) is 5.02 Å². The molecule has 0 radical (unpaired) electrons. The summed E-state index contributed by atoms with van der Waals surface area (Å²) in [6, 6.07) is 8.41. The van der Waals surface area contributed by atoms with Crippen LogP contribution >= 0.6 is 23.2 Å². The Balaban J connectivity index is 2.16. The van der Waals surface area contributed by atoms with E-state index in [1.807, 2.05) is 32.2 Å². The second kappa shape index (κ2) is 9.58. The van der Waals surface area contributed by atoms with Gasteiger partial charge in [0, 0.05) is 36.1 Å². The standard InChI is InChI=1S/C22H24Cl2N4O3/c1-5-31-22(30)20-17(12-28(26-20)13(2)3)19(14-6-8-15(23)9-7-14)25-16-10-18(24)21(29)27(4)11-16/h6-13,19,25H,5H2,1-4H3. The monoisotopic (exact) mass is 462 g/mol.